The van der Waals surface area contributed by atoms with Gasteiger partial charge in [0, 0.05) is 18.9 Å². The number of carbonyl (C=O) groups is 3. The van der Waals surface area contributed by atoms with Crippen LogP contribution in [0, 0.1) is 0 Å². The molecule has 1 heterocycles. The van der Waals surface area contributed by atoms with Gasteiger partial charge < -0.3 is 0 Å². The van der Waals surface area contributed by atoms with E-state index in [0.717, 1.165) is 6.08 Å². The van der Waals surface area contributed by atoms with Crippen molar-refractivity contribution in [3.8, 4) is 0 Å². The molecule has 0 aromatic rings. The SMILES string of the molecule is C=CC(=O)OON1C(=O)CCC1=O. The Morgan fingerprint density at radius 1 is 1.38 bits per heavy atom. The first-order chi connectivity index (χ1) is 6.15. The van der Waals surface area contributed by atoms with Crippen molar-refractivity contribution in [1.82, 2.24) is 5.06 Å². The van der Waals surface area contributed by atoms with Crippen LogP contribution in [0.2, 0.25) is 0 Å². The summed E-state index contributed by atoms with van der Waals surface area (Å²) in [5, 5.41) is 0.418. The minimum absolute atomic E-state index is 0.0739. The molecule has 1 aliphatic heterocycles. The normalized spacial score (nSPS) is 16.2. The van der Waals surface area contributed by atoms with Gasteiger partial charge in [-0.2, -0.15) is 0 Å². The van der Waals surface area contributed by atoms with Crippen molar-refractivity contribution in [3.05, 3.63) is 12.7 Å². The van der Waals surface area contributed by atoms with Gasteiger partial charge in [0.15, 0.2) is 0 Å². The second-order valence-corrected chi connectivity index (χ2v) is 2.26. The summed E-state index contributed by atoms with van der Waals surface area (Å²) in [6.07, 6.45) is 1.000. The van der Waals surface area contributed by atoms with E-state index in [2.05, 4.69) is 16.5 Å². The van der Waals surface area contributed by atoms with Gasteiger partial charge in [0.1, 0.15) is 0 Å². The molecule has 1 saturated heterocycles. The number of hydroxylamine groups is 2. The van der Waals surface area contributed by atoms with Crippen molar-refractivity contribution in [2.24, 2.45) is 0 Å². The topological polar surface area (TPSA) is 72.9 Å². The van der Waals surface area contributed by atoms with E-state index in [1.54, 1.807) is 0 Å². The highest BCUT2D eigenvalue weighted by atomic mass is 17.3. The minimum Gasteiger partial charge on any atom is -0.272 e. The number of hydrogen-bond acceptors (Lipinski definition) is 5. The van der Waals surface area contributed by atoms with Gasteiger partial charge in [-0.25, -0.2) is 4.79 Å². The van der Waals surface area contributed by atoms with Crippen LogP contribution >= 0.6 is 0 Å². The molecule has 6 heteroatoms. The molecular weight excluding hydrogens is 178 g/mol. The minimum atomic E-state index is -0.868. The third-order valence-corrected chi connectivity index (χ3v) is 1.37. The van der Waals surface area contributed by atoms with Gasteiger partial charge in [0.05, 0.1) is 0 Å². The molecule has 70 valence electrons. The molecule has 0 atom stereocenters. The van der Waals surface area contributed by atoms with Crippen LogP contribution in [-0.4, -0.2) is 22.8 Å². The van der Waals surface area contributed by atoms with Crippen molar-refractivity contribution in [1.29, 1.82) is 0 Å². The Labute approximate surface area is 73.6 Å². The van der Waals surface area contributed by atoms with E-state index in [1.165, 1.54) is 0 Å². The molecule has 6 nitrogen and oxygen atoms in total. The van der Waals surface area contributed by atoms with E-state index in [4.69, 9.17) is 0 Å². The summed E-state index contributed by atoms with van der Waals surface area (Å²) in [5.74, 6) is -1.92. The Morgan fingerprint density at radius 2 is 1.92 bits per heavy atom. The number of nitrogens with zero attached hydrogens (tertiary/aromatic N) is 1. The Kier molecular flexibility index (Phi) is 2.76. The van der Waals surface area contributed by atoms with Gasteiger partial charge in [-0.1, -0.05) is 6.58 Å². The molecular formula is C7H7NO5. The number of hydrogen-bond donors (Lipinski definition) is 0. The molecule has 0 saturated carbocycles. The second kappa shape index (κ2) is 3.81. The summed E-state index contributed by atoms with van der Waals surface area (Å²) in [7, 11) is 0. The van der Waals surface area contributed by atoms with Crippen LogP contribution < -0.4 is 0 Å². The lowest BCUT2D eigenvalue weighted by Crippen LogP contribution is -2.30. The summed E-state index contributed by atoms with van der Waals surface area (Å²) in [6.45, 7) is 3.10. The molecule has 1 rings (SSSR count). The molecule has 2 amide bonds. The first-order valence-corrected chi connectivity index (χ1v) is 3.52. The molecule has 0 aliphatic carbocycles. The van der Waals surface area contributed by atoms with Crippen molar-refractivity contribution in [2.75, 3.05) is 0 Å². The van der Waals surface area contributed by atoms with E-state index in [1.807, 2.05) is 0 Å². The maximum atomic E-state index is 10.8. The summed E-state index contributed by atoms with van der Waals surface area (Å²) in [6, 6.07) is 0. The molecule has 0 unspecified atom stereocenters. The van der Waals surface area contributed by atoms with Gasteiger partial charge in [0.2, 0.25) is 0 Å². The molecule has 0 radical (unpaired) electrons. The van der Waals surface area contributed by atoms with Crippen LogP contribution in [0.1, 0.15) is 12.8 Å². The van der Waals surface area contributed by atoms with Gasteiger partial charge in [-0.05, 0) is 4.99 Å². The van der Waals surface area contributed by atoms with Crippen LogP contribution in [0.5, 0.6) is 0 Å². The maximum absolute atomic E-state index is 10.8. The van der Waals surface area contributed by atoms with Crippen LogP contribution in [-0.2, 0) is 24.3 Å². The molecule has 13 heavy (non-hydrogen) atoms. The molecule has 0 aromatic carbocycles. The van der Waals surface area contributed by atoms with E-state index < -0.39 is 17.8 Å². The lowest BCUT2D eigenvalue weighted by Gasteiger charge is -2.08. The smallest absolute Gasteiger partial charge is 0.272 e. The molecule has 1 fully saturated rings. The molecule has 1 aliphatic rings. The van der Waals surface area contributed by atoms with Crippen LogP contribution in [0.15, 0.2) is 12.7 Å². The highest BCUT2D eigenvalue weighted by Gasteiger charge is 2.32. The van der Waals surface area contributed by atoms with Crippen molar-refractivity contribution < 1.29 is 24.3 Å². The zero-order chi connectivity index (χ0) is 9.84. The average molecular weight is 185 g/mol. The Balaban J connectivity index is 2.44. The Morgan fingerprint density at radius 3 is 2.38 bits per heavy atom. The highest BCUT2D eigenvalue weighted by molar-refractivity contribution is 6.00. The number of rotatable bonds is 3. The van der Waals surface area contributed by atoms with E-state index in [-0.39, 0.29) is 12.8 Å². The van der Waals surface area contributed by atoms with Crippen LogP contribution in [0.4, 0.5) is 0 Å². The summed E-state index contributed by atoms with van der Waals surface area (Å²) < 4.78 is 0. The maximum Gasteiger partial charge on any atom is 0.368 e. The fourth-order valence-corrected chi connectivity index (χ4v) is 0.747. The first-order valence-electron chi connectivity index (χ1n) is 3.52. The molecule has 0 N–H and O–H groups in total. The summed E-state index contributed by atoms with van der Waals surface area (Å²) >= 11 is 0. The van der Waals surface area contributed by atoms with Crippen molar-refractivity contribution in [3.63, 3.8) is 0 Å². The average Bonchev–Trinajstić information content (AvgIpc) is 2.43. The summed E-state index contributed by atoms with van der Waals surface area (Å²) in [5.41, 5.74) is 0. The number of carbonyl (C=O) groups excluding carboxylic acids is 3. The van der Waals surface area contributed by atoms with Gasteiger partial charge in [0.25, 0.3) is 11.8 Å². The molecule has 0 spiro atoms. The Bertz CT molecular complexity index is 256. The number of imide groups is 1. The predicted octanol–water partition coefficient (Wildman–Crippen LogP) is -0.289. The second-order valence-electron chi connectivity index (χ2n) is 2.26. The van der Waals surface area contributed by atoms with E-state index >= 15 is 0 Å². The van der Waals surface area contributed by atoms with Crippen LogP contribution in [0.25, 0.3) is 0 Å². The van der Waals surface area contributed by atoms with Gasteiger partial charge in [-0.3, -0.25) is 14.5 Å². The van der Waals surface area contributed by atoms with Crippen LogP contribution in [0.3, 0.4) is 0 Å². The zero-order valence-corrected chi connectivity index (χ0v) is 6.69. The Hall–Kier alpha value is -1.69. The third kappa shape index (κ3) is 2.12. The van der Waals surface area contributed by atoms with Gasteiger partial charge >= 0.3 is 5.97 Å². The van der Waals surface area contributed by atoms with Gasteiger partial charge in [-0.15, -0.1) is 5.06 Å². The third-order valence-electron chi connectivity index (χ3n) is 1.37. The lowest BCUT2D eigenvalue weighted by atomic mass is 10.4. The summed E-state index contributed by atoms with van der Waals surface area (Å²) in [4.78, 5) is 40.4. The van der Waals surface area contributed by atoms with Crippen molar-refractivity contribution >= 4 is 17.8 Å². The number of amides is 2. The fourth-order valence-electron chi connectivity index (χ4n) is 0.747. The molecule has 0 aromatic heterocycles. The van der Waals surface area contributed by atoms with Crippen molar-refractivity contribution in [2.45, 2.75) is 12.8 Å². The fraction of sp³-hybridized carbons (Fsp3) is 0.286. The monoisotopic (exact) mass is 185 g/mol. The van der Waals surface area contributed by atoms with E-state index in [0.29, 0.717) is 5.06 Å². The first kappa shape index (κ1) is 9.40. The zero-order valence-electron chi connectivity index (χ0n) is 6.69. The largest absolute Gasteiger partial charge is 0.368 e. The predicted molar refractivity (Wildman–Crippen MR) is 38.5 cm³/mol. The standard InChI is InChI=1S/C7H7NO5/c1-2-7(11)12-13-8-5(9)3-4-6(8)10/h2H,1,3-4H2. The molecule has 0 bridgehead atoms. The quantitative estimate of drug-likeness (QED) is 0.261. The lowest BCUT2D eigenvalue weighted by molar-refractivity contribution is -0.362. The van der Waals surface area contributed by atoms with E-state index in [9.17, 15) is 14.4 Å². The highest BCUT2D eigenvalue weighted by Crippen LogP contribution is 2.11.